The quantitative estimate of drug-likeness (QED) is 0.280. The topological polar surface area (TPSA) is 60.1 Å². The van der Waals surface area contributed by atoms with Gasteiger partial charge in [0.1, 0.15) is 11.3 Å². The van der Waals surface area contributed by atoms with Gasteiger partial charge in [-0.05, 0) is 29.3 Å². The van der Waals surface area contributed by atoms with Gasteiger partial charge in [-0.25, -0.2) is 9.37 Å². The smallest absolute Gasteiger partial charge is 0.170 e. The number of halogens is 2. The molecule has 0 radical (unpaired) electrons. The van der Waals surface area contributed by atoms with Crippen molar-refractivity contribution in [1.29, 1.82) is 5.41 Å². The second-order valence-electron chi connectivity index (χ2n) is 7.02. The van der Waals surface area contributed by atoms with Crippen LogP contribution < -0.4 is 15.0 Å². The molecule has 32 heavy (non-hydrogen) atoms. The van der Waals surface area contributed by atoms with Crippen LogP contribution >= 0.6 is 23.4 Å². The number of benzene rings is 3. The van der Waals surface area contributed by atoms with Crippen molar-refractivity contribution in [1.82, 2.24) is 9.55 Å². The van der Waals surface area contributed by atoms with Crippen molar-refractivity contribution in [2.75, 3.05) is 14.2 Å². The largest absolute Gasteiger partial charge is 0.493 e. The summed E-state index contributed by atoms with van der Waals surface area (Å²) in [6, 6.07) is 17.6. The van der Waals surface area contributed by atoms with Crippen molar-refractivity contribution in [2.45, 2.75) is 17.5 Å². The van der Waals surface area contributed by atoms with E-state index in [1.165, 1.54) is 17.8 Å². The lowest BCUT2D eigenvalue weighted by Crippen LogP contribution is -2.24. The van der Waals surface area contributed by atoms with Gasteiger partial charge < -0.3 is 14.0 Å². The zero-order chi connectivity index (χ0) is 22.7. The number of thioether (sulfide) groups is 1. The number of ether oxygens (including phenoxy) is 2. The lowest BCUT2D eigenvalue weighted by atomic mass is 10.2. The number of aromatic nitrogens is 2. The Labute approximate surface area is 194 Å². The van der Waals surface area contributed by atoms with Crippen LogP contribution in [0, 0.1) is 11.2 Å². The van der Waals surface area contributed by atoms with Gasteiger partial charge in [-0.1, -0.05) is 59.8 Å². The molecule has 3 aromatic carbocycles. The molecule has 0 bridgehead atoms. The first kappa shape index (κ1) is 22.2. The van der Waals surface area contributed by atoms with Crippen LogP contribution in [0.25, 0.3) is 10.9 Å². The minimum absolute atomic E-state index is 0.256. The maximum Gasteiger partial charge on any atom is 0.170 e. The van der Waals surface area contributed by atoms with Gasteiger partial charge in [0.05, 0.1) is 26.3 Å². The van der Waals surface area contributed by atoms with Gasteiger partial charge in [-0.15, -0.1) is 0 Å². The third kappa shape index (κ3) is 4.45. The third-order valence-electron chi connectivity index (χ3n) is 5.07. The summed E-state index contributed by atoms with van der Waals surface area (Å²) in [7, 11) is 3.11. The van der Waals surface area contributed by atoms with Crippen LogP contribution in [-0.4, -0.2) is 23.8 Å². The summed E-state index contributed by atoms with van der Waals surface area (Å²) in [6.07, 6.45) is 0. The van der Waals surface area contributed by atoms with Crippen LogP contribution in [0.4, 0.5) is 4.39 Å². The summed E-state index contributed by atoms with van der Waals surface area (Å²) in [5.41, 5.74) is 2.29. The number of nitrogens with one attached hydrogen (secondary N) is 1. The molecule has 0 aliphatic carbocycles. The maximum atomic E-state index is 14.2. The van der Waals surface area contributed by atoms with Gasteiger partial charge in [0.25, 0.3) is 0 Å². The fourth-order valence-corrected chi connectivity index (χ4v) is 4.56. The van der Waals surface area contributed by atoms with E-state index in [9.17, 15) is 4.39 Å². The van der Waals surface area contributed by atoms with Gasteiger partial charge in [-0.2, -0.15) is 0 Å². The molecule has 0 saturated carbocycles. The van der Waals surface area contributed by atoms with E-state index in [4.69, 9.17) is 31.5 Å². The zero-order valence-electron chi connectivity index (χ0n) is 17.6. The van der Waals surface area contributed by atoms with Crippen molar-refractivity contribution in [2.24, 2.45) is 0 Å². The van der Waals surface area contributed by atoms with Crippen molar-refractivity contribution in [3.05, 3.63) is 88.1 Å². The fraction of sp³-hybridized carbons (Fsp3) is 0.167. The summed E-state index contributed by atoms with van der Waals surface area (Å²) in [6.45, 7) is 0.357. The van der Waals surface area contributed by atoms with E-state index < -0.39 is 0 Å². The molecule has 0 amide bonds. The lowest BCUT2D eigenvalue weighted by Gasteiger charge is -2.17. The SMILES string of the molecule is COc1cc2nc(SCc3ccccc3F)n(Cc3ccccc3Cl)c(=N)c2cc1OC. The molecule has 4 rings (SSSR count). The monoisotopic (exact) mass is 469 g/mol. The molecule has 1 heterocycles. The lowest BCUT2D eigenvalue weighted by molar-refractivity contribution is 0.355. The van der Waals surface area contributed by atoms with Gasteiger partial charge in [0.15, 0.2) is 16.7 Å². The highest BCUT2D eigenvalue weighted by molar-refractivity contribution is 7.98. The Kier molecular flexibility index (Phi) is 6.67. The fourth-order valence-electron chi connectivity index (χ4n) is 3.37. The number of methoxy groups -OCH3 is 2. The number of fused-ring (bicyclic) bond motifs is 1. The first-order chi connectivity index (χ1) is 15.5. The third-order valence-corrected chi connectivity index (χ3v) is 6.47. The van der Waals surface area contributed by atoms with E-state index in [0.29, 0.717) is 50.4 Å². The van der Waals surface area contributed by atoms with E-state index >= 15 is 0 Å². The molecule has 0 saturated heterocycles. The highest BCUT2D eigenvalue weighted by Crippen LogP contribution is 2.32. The molecule has 0 aliphatic heterocycles. The second-order valence-corrected chi connectivity index (χ2v) is 8.37. The van der Waals surface area contributed by atoms with Crippen LogP contribution in [0.5, 0.6) is 11.5 Å². The average molecular weight is 470 g/mol. The standard InChI is InChI=1S/C24H21ClFN3O2S/c1-30-21-11-17-20(12-22(21)31-2)28-24(32-14-16-8-4-6-10-19(16)26)29(23(17)27)13-15-7-3-5-9-18(15)25/h3-12,27H,13-14H2,1-2H3. The van der Waals surface area contributed by atoms with Gasteiger partial charge in [0, 0.05) is 22.2 Å². The Morgan fingerprint density at radius 1 is 1.00 bits per heavy atom. The second kappa shape index (κ2) is 9.63. The van der Waals surface area contributed by atoms with E-state index in [1.54, 1.807) is 49.1 Å². The summed E-state index contributed by atoms with van der Waals surface area (Å²) in [5, 5.41) is 10.7. The van der Waals surface area contributed by atoms with E-state index in [-0.39, 0.29) is 11.3 Å². The van der Waals surface area contributed by atoms with E-state index in [0.717, 1.165) is 5.56 Å². The normalized spacial score (nSPS) is 11.0. The van der Waals surface area contributed by atoms with Crippen molar-refractivity contribution in [3.63, 3.8) is 0 Å². The highest BCUT2D eigenvalue weighted by Gasteiger charge is 2.15. The first-order valence-electron chi connectivity index (χ1n) is 9.82. The summed E-state index contributed by atoms with van der Waals surface area (Å²) < 4.78 is 26.8. The van der Waals surface area contributed by atoms with Crippen LogP contribution in [0.2, 0.25) is 5.02 Å². The molecular weight excluding hydrogens is 449 g/mol. The maximum absolute atomic E-state index is 14.2. The van der Waals surface area contributed by atoms with Gasteiger partial charge >= 0.3 is 0 Å². The summed E-state index contributed by atoms with van der Waals surface area (Å²) in [5.74, 6) is 1.16. The molecule has 164 valence electrons. The van der Waals surface area contributed by atoms with Gasteiger partial charge in [-0.3, -0.25) is 5.41 Å². The zero-order valence-corrected chi connectivity index (χ0v) is 19.1. The molecule has 5 nitrogen and oxygen atoms in total. The molecule has 1 N–H and O–H groups in total. The van der Waals surface area contributed by atoms with Crippen molar-refractivity contribution < 1.29 is 13.9 Å². The molecule has 0 fully saturated rings. The number of hydrogen-bond acceptors (Lipinski definition) is 5. The predicted molar refractivity (Wildman–Crippen MR) is 125 cm³/mol. The molecule has 4 aromatic rings. The van der Waals surface area contributed by atoms with Crippen LogP contribution in [0.3, 0.4) is 0 Å². The predicted octanol–water partition coefficient (Wildman–Crippen LogP) is 5.67. The number of rotatable bonds is 7. The van der Waals surface area contributed by atoms with Crippen LogP contribution in [0.1, 0.15) is 11.1 Å². The minimum atomic E-state index is -0.268. The molecule has 0 atom stereocenters. The molecule has 0 spiro atoms. The summed E-state index contributed by atoms with van der Waals surface area (Å²) >= 11 is 7.76. The molecule has 0 aliphatic rings. The van der Waals surface area contributed by atoms with Crippen LogP contribution in [0.15, 0.2) is 65.8 Å². The Bertz CT molecular complexity index is 1340. The van der Waals surface area contributed by atoms with E-state index in [2.05, 4.69) is 0 Å². The molecule has 0 unspecified atom stereocenters. The molecule has 1 aromatic heterocycles. The summed E-state index contributed by atoms with van der Waals surface area (Å²) in [4.78, 5) is 4.80. The minimum Gasteiger partial charge on any atom is -0.493 e. The van der Waals surface area contributed by atoms with E-state index in [1.807, 2.05) is 24.3 Å². The average Bonchev–Trinajstić information content (AvgIpc) is 2.81. The van der Waals surface area contributed by atoms with Crippen LogP contribution in [-0.2, 0) is 12.3 Å². The molecular formula is C24H21ClFN3O2S. The first-order valence-corrected chi connectivity index (χ1v) is 11.2. The Morgan fingerprint density at radius 3 is 2.34 bits per heavy atom. The Balaban J connectivity index is 1.85. The Morgan fingerprint density at radius 2 is 1.66 bits per heavy atom. The number of hydrogen-bond donors (Lipinski definition) is 1. The Hall–Kier alpha value is -3.03. The van der Waals surface area contributed by atoms with Crippen molar-refractivity contribution >= 4 is 34.3 Å². The number of nitrogens with zero attached hydrogens (tertiary/aromatic N) is 2. The van der Waals surface area contributed by atoms with Gasteiger partial charge in [0.2, 0.25) is 0 Å². The molecule has 8 heteroatoms. The highest BCUT2D eigenvalue weighted by atomic mass is 35.5. The van der Waals surface area contributed by atoms with Crippen molar-refractivity contribution in [3.8, 4) is 11.5 Å².